The molecule has 1 aromatic heterocycles. The lowest BCUT2D eigenvalue weighted by atomic mass is 9.86. The number of rotatable bonds is 5. The summed E-state index contributed by atoms with van der Waals surface area (Å²) < 4.78 is 5.94. The number of nitrogen functional groups attached to an aromatic ring is 1. The van der Waals surface area contributed by atoms with Crippen molar-refractivity contribution < 1.29 is 14.6 Å². The highest BCUT2D eigenvalue weighted by atomic mass is 16.5. The highest BCUT2D eigenvalue weighted by molar-refractivity contribution is 5.86. The van der Waals surface area contributed by atoms with E-state index in [9.17, 15) is 4.79 Å². The summed E-state index contributed by atoms with van der Waals surface area (Å²) in [6, 6.07) is 3.18. The topological polar surface area (TPSA) is 97.5 Å². The molecule has 1 saturated heterocycles. The van der Waals surface area contributed by atoms with Crippen LogP contribution in [0.5, 0.6) is 0 Å². The lowest BCUT2D eigenvalue weighted by Crippen LogP contribution is -2.43. The number of aromatic carboxylic acids is 1. The maximum absolute atomic E-state index is 11.0. The number of carbonyl (C=O) groups is 1. The summed E-state index contributed by atoms with van der Waals surface area (Å²) in [5.74, 6) is -0.607. The van der Waals surface area contributed by atoms with Crippen molar-refractivity contribution in [3.8, 4) is 0 Å². The summed E-state index contributed by atoms with van der Waals surface area (Å²) >= 11 is 0. The predicted octanol–water partition coefficient (Wildman–Crippen LogP) is 2.51. The smallest absolute Gasteiger partial charge is 0.354 e. The van der Waals surface area contributed by atoms with Crippen LogP contribution in [0.4, 0.5) is 11.5 Å². The SMILES string of the molecule is CCC1(CC)CC(Nc2nc(C(=O)O)ccc2N)CCO1. The minimum Gasteiger partial charge on any atom is -0.477 e. The number of anilines is 2. The van der Waals surface area contributed by atoms with Crippen LogP contribution < -0.4 is 11.1 Å². The molecular formula is C15H23N3O3. The van der Waals surface area contributed by atoms with Gasteiger partial charge in [-0.2, -0.15) is 0 Å². The molecule has 1 fully saturated rings. The molecule has 1 aromatic rings. The monoisotopic (exact) mass is 293 g/mol. The normalized spacial score (nSPS) is 21.0. The molecule has 116 valence electrons. The average molecular weight is 293 g/mol. The van der Waals surface area contributed by atoms with Crippen molar-refractivity contribution in [3.63, 3.8) is 0 Å². The van der Waals surface area contributed by atoms with Crippen molar-refractivity contribution >= 4 is 17.5 Å². The van der Waals surface area contributed by atoms with Crippen LogP contribution in [0.3, 0.4) is 0 Å². The Balaban J connectivity index is 2.14. The van der Waals surface area contributed by atoms with Crippen molar-refractivity contribution in [1.29, 1.82) is 0 Å². The van der Waals surface area contributed by atoms with Crippen molar-refractivity contribution in [3.05, 3.63) is 17.8 Å². The molecule has 0 aliphatic carbocycles. The maximum atomic E-state index is 11.0. The van der Waals surface area contributed by atoms with Crippen LogP contribution in [-0.4, -0.2) is 34.3 Å². The second-order valence-electron chi connectivity index (χ2n) is 5.51. The Labute approximate surface area is 124 Å². The Hall–Kier alpha value is -1.82. The quantitative estimate of drug-likeness (QED) is 0.771. The van der Waals surface area contributed by atoms with Gasteiger partial charge in [-0.3, -0.25) is 0 Å². The minimum absolute atomic E-state index is 0.00370. The molecule has 0 spiro atoms. The van der Waals surface area contributed by atoms with Crippen molar-refractivity contribution in [2.75, 3.05) is 17.7 Å². The van der Waals surface area contributed by atoms with Crippen LogP contribution in [0, 0.1) is 0 Å². The molecule has 1 aliphatic heterocycles. The molecule has 1 unspecified atom stereocenters. The fourth-order valence-electron chi connectivity index (χ4n) is 2.79. The predicted molar refractivity (Wildman–Crippen MR) is 81.5 cm³/mol. The number of nitrogens with two attached hydrogens (primary N) is 1. The Morgan fingerprint density at radius 1 is 1.52 bits per heavy atom. The average Bonchev–Trinajstić information content (AvgIpc) is 2.49. The largest absolute Gasteiger partial charge is 0.477 e. The first kappa shape index (κ1) is 15.6. The standard InChI is InChI=1S/C15H23N3O3/c1-3-15(4-2)9-10(7-8-21-15)17-13-11(16)5-6-12(18-13)14(19)20/h5-6,10H,3-4,7-9,16H2,1-2H3,(H,17,18)(H,19,20). The third-order valence-corrected chi connectivity index (χ3v) is 4.27. The zero-order chi connectivity index (χ0) is 15.5. The molecule has 0 amide bonds. The van der Waals surface area contributed by atoms with Gasteiger partial charge >= 0.3 is 5.97 Å². The van der Waals surface area contributed by atoms with Crippen LogP contribution in [0.25, 0.3) is 0 Å². The van der Waals surface area contributed by atoms with Crippen LogP contribution in [0.1, 0.15) is 50.0 Å². The van der Waals surface area contributed by atoms with Gasteiger partial charge < -0.3 is 20.9 Å². The summed E-state index contributed by atoms with van der Waals surface area (Å²) in [7, 11) is 0. The van der Waals surface area contributed by atoms with E-state index < -0.39 is 5.97 Å². The molecule has 6 heteroatoms. The third-order valence-electron chi connectivity index (χ3n) is 4.27. The van der Waals surface area contributed by atoms with Gasteiger partial charge in [0.15, 0.2) is 5.69 Å². The molecule has 0 bridgehead atoms. The summed E-state index contributed by atoms with van der Waals surface area (Å²) in [6.07, 6.45) is 3.65. The first-order chi connectivity index (χ1) is 9.99. The van der Waals surface area contributed by atoms with E-state index in [-0.39, 0.29) is 17.3 Å². The number of nitrogens with zero attached hydrogens (tertiary/aromatic N) is 1. The van der Waals surface area contributed by atoms with Gasteiger partial charge in [-0.05, 0) is 37.8 Å². The molecule has 1 aliphatic rings. The van der Waals surface area contributed by atoms with E-state index in [2.05, 4.69) is 24.1 Å². The number of pyridine rings is 1. The molecule has 2 rings (SSSR count). The number of carboxylic acids is 1. The van der Waals surface area contributed by atoms with E-state index >= 15 is 0 Å². The lowest BCUT2D eigenvalue weighted by Gasteiger charge is -2.40. The van der Waals surface area contributed by atoms with Crippen LogP contribution in [0.15, 0.2) is 12.1 Å². The molecule has 4 N–H and O–H groups in total. The van der Waals surface area contributed by atoms with E-state index in [0.717, 1.165) is 25.7 Å². The molecule has 21 heavy (non-hydrogen) atoms. The van der Waals surface area contributed by atoms with Crippen LogP contribution >= 0.6 is 0 Å². The molecular weight excluding hydrogens is 270 g/mol. The van der Waals surface area contributed by atoms with Crippen molar-refractivity contribution in [2.24, 2.45) is 0 Å². The van der Waals surface area contributed by atoms with Gasteiger partial charge in [0.2, 0.25) is 0 Å². The Kier molecular flexibility index (Phi) is 4.67. The van der Waals surface area contributed by atoms with Gasteiger partial charge in [-0.15, -0.1) is 0 Å². The van der Waals surface area contributed by atoms with E-state index in [1.165, 1.54) is 6.07 Å². The first-order valence-corrected chi connectivity index (χ1v) is 7.40. The molecule has 2 heterocycles. The Morgan fingerprint density at radius 2 is 2.24 bits per heavy atom. The van der Waals surface area contributed by atoms with Gasteiger partial charge in [-0.25, -0.2) is 9.78 Å². The van der Waals surface area contributed by atoms with Crippen molar-refractivity contribution in [1.82, 2.24) is 4.98 Å². The van der Waals surface area contributed by atoms with E-state index in [1.807, 2.05) is 0 Å². The molecule has 0 radical (unpaired) electrons. The Bertz CT molecular complexity index is 515. The van der Waals surface area contributed by atoms with Crippen molar-refractivity contribution in [2.45, 2.75) is 51.2 Å². The summed E-state index contributed by atoms with van der Waals surface area (Å²) in [5, 5.41) is 12.3. The number of hydrogen-bond acceptors (Lipinski definition) is 5. The van der Waals surface area contributed by atoms with Gasteiger partial charge in [-0.1, -0.05) is 13.8 Å². The second-order valence-corrected chi connectivity index (χ2v) is 5.51. The summed E-state index contributed by atoms with van der Waals surface area (Å²) in [5.41, 5.74) is 6.25. The lowest BCUT2D eigenvalue weighted by molar-refractivity contribution is -0.0864. The number of ether oxygens (including phenoxy) is 1. The molecule has 0 aromatic carbocycles. The minimum atomic E-state index is -1.05. The summed E-state index contributed by atoms with van der Waals surface area (Å²) in [4.78, 5) is 15.1. The van der Waals surface area contributed by atoms with Crippen LogP contribution in [0.2, 0.25) is 0 Å². The highest BCUT2D eigenvalue weighted by Crippen LogP contribution is 2.33. The molecule has 6 nitrogen and oxygen atoms in total. The van der Waals surface area contributed by atoms with E-state index in [1.54, 1.807) is 6.07 Å². The Morgan fingerprint density at radius 3 is 2.86 bits per heavy atom. The summed E-state index contributed by atoms with van der Waals surface area (Å²) in [6.45, 7) is 4.95. The fourth-order valence-corrected chi connectivity index (χ4v) is 2.79. The van der Waals surface area contributed by atoms with Gasteiger partial charge in [0, 0.05) is 12.6 Å². The maximum Gasteiger partial charge on any atom is 0.354 e. The second kappa shape index (κ2) is 6.30. The zero-order valence-electron chi connectivity index (χ0n) is 12.6. The van der Waals surface area contributed by atoms with E-state index in [4.69, 9.17) is 15.6 Å². The number of aromatic nitrogens is 1. The van der Waals surface area contributed by atoms with E-state index in [0.29, 0.717) is 18.1 Å². The number of nitrogens with one attached hydrogen (secondary N) is 1. The number of carboxylic acid groups (broad SMARTS) is 1. The van der Waals surface area contributed by atoms with Gasteiger partial charge in [0.25, 0.3) is 0 Å². The zero-order valence-corrected chi connectivity index (χ0v) is 12.6. The molecule has 0 saturated carbocycles. The third kappa shape index (κ3) is 3.44. The van der Waals surface area contributed by atoms with Gasteiger partial charge in [0.1, 0.15) is 5.82 Å². The molecule has 1 atom stereocenters. The van der Waals surface area contributed by atoms with Gasteiger partial charge in [0.05, 0.1) is 11.3 Å². The highest BCUT2D eigenvalue weighted by Gasteiger charge is 2.34. The number of hydrogen-bond donors (Lipinski definition) is 3. The van der Waals surface area contributed by atoms with Crippen LogP contribution in [-0.2, 0) is 4.74 Å². The fraction of sp³-hybridized carbons (Fsp3) is 0.600. The first-order valence-electron chi connectivity index (χ1n) is 7.40.